The van der Waals surface area contributed by atoms with Crippen LogP contribution in [0.5, 0.6) is 11.5 Å². The van der Waals surface area contributed by atoms with Gasteiger partial charge in [-0.05, 0) is 37.5 Å². The second kappa shape index (κ2) is 6.50. The standard InChI is InChI=1S/C19H26N2O4/c1-2-21(10-14-3-4-15-16(9-14)25-8-7-24-15)18(23)12-20-11-17(22)19(13-20)5-6-19/h3-4,9,17,22H,2,5-8,10-13H2,1H3. The van der Waals surface area contributed by atoms with E-state index in [0.29, 0.717) is 39.4 Å². The number of amides is 1. The van der Waals surface area contributed by atoms with Crippen molar-refractivity contribution in [3.63, 3.8) is 0 Å². The molecule has 0 bridgehead atoms. The zero-order chi connectivity index (χ0) is 17.4. The molecular formula is C19H26N2O4. The lowest BCUT2D eigenvalue weighted by molar-refractivity contribution is -0.132. The van der Waals surface area contributed by atoms with E-state index in [1.807, 2.05) is 30.0 Å². The van der Waals surface area contributed by atoms with E-state index in [1.165, 1.54) is 0 Å². The summed E-state index contributed by atoms with van der Waals surface area (Å²) in [5, 5.41) is 10.2. The van der Waals surface area contributed by atoms with Gasteiger partial charge in [-0.1, -0.05) is 6.07 Å². The number of carbonyl (C=O) groups is 1. The second-order valence-electron chi connectivity index (χ2n) is 7.43. The number of ether oxygens (including phenoxy) is 2. The van der Waals surface area contributed by atoms with Crippen molar-refractivity contribution >= 4 is 5.91 Å². The number of hydrogen-bond acceptors (Lipinski definition) is 5. The highest BCUT2D eigenvalue weighted by atomic mass is 16.6. The van der Waals surface area contributed by atoms with E-state index in [9.17, 15) is 9.90 Å². The van der Waals surface area contributed by atoms with Crippen molar-refractivity contribution < 1.29 is 19.4 Å². The number of hydrogen-bond donors (Lipinski definition) is 1. The van der Waals surface area contributed by atoms with Gasteiger partial charge in [0.15, 0.2) is 11.5 Å². The topological polar surface area (TPSA) is 62.2 Å². The van der Waals surface area contributed by atoms with Crippen LogP contribution < -0.4 is 9.47 Å². The predicted octanol–water partition coefficient (Wildman–Crippen LogP) is 1.26. The number of nitrogens with zero attached hydrogens (tertiary/aromatic N) is 2. The molecular weight excluding hydrogens is 320 g/mol. The number of carbonyl (C=O) groups excluding carboxylic acids is 1. The van der Waals surface area contributed by atoms with Gasteiger partial charge in [-0.3, -0.25) is 9.69 Å². The minimum Gasteiger partial charge on any atom is -0.486 e. The maximum atomic E-state index is 12.7. The summed E-state index contributed by atoms with van der Waals surface area (Å²) in [5.41, 5.74) is 1.13. The molecule has 2 heterocycles. The molecule has 3 aliphatic rings. The first kappa shape index (κ1) is 16.7. The maximum Gasteiger partial charge on any atom is 0.237 e. The predicted molar refractivity (Wildman–Crippen MR) is 92.6 cm³/mol. The molecule has 1 atom stereocenters. The van der Waals surface area contributed by atoms with Gasteiger partial charge < -0.3 is 19.5 Å². The Labute approximate surface area is 148 Å². The lowest BCUT2D eigenvalue weighted by atomic mass is 10.0. The number of rotatable bonds is 5. The first-order valence-corrected chi connectivity index (χ1v) is 9.16. The number of benzene rings is 1. The zero-order valence-electron chi connectivity index (χ0n) is 14.7. The van der Waals surface area contributed by atoms with Crippen LogP contribution in [0.2, 0.25) is 0 Å². The Hall–Kier alpha value is -1.79. The highest BCUT2D eigenvalue weighted by Gasteiger charge is 2.54. The minimum atomic E-state index is -0.270. The van der Waals surface area contributed by atoms with E-state index in [4.69, 9.17) is 9.47 Å². The van der Waals surface area contributed by atoms with Crippen LogP contribution in [0.25, 0.3) is 0 Å². The Morgan fingerprint density at radius 1 is 1.32 bits per heavy atom. The van der Waals surface area contributed by atoms with E-state index in [1.54, 1.807) is 0 Å². The van der Waals surface area contributed by atoms with Gasteiger partial charge >= 0.3 is 0 Å². The van der Waals surface area contributed by atoms with Gasteiger partial charge in [0.25, 0.3) is 0 Å². The summed E-state index contributed by atoms with van der Waals surface area (Å²) in [6.45, 7) is 6.21. The van der Waals surface area contributed by atoms with Crippen LogP contribution in [0.15, 0.2) is 18.2 Å². The van der Waals surface area contributed by atoms with Crippen LogP contribution in [-0.2, 0) is 11.3 Å². The molecule has 6 heteroatoms. The summed E-state index contributed by atoms with van der Waals surface area (Å²) in [6.07, 6.45) is 1.91. The fourth-order valence-corrected chi connectivity index (χ4v) is 3.90. The molecule has 1 amide bonds. The molecule has 2 aliphatic heterocycles. The van der Waals surface area contributed by atoms with Gasteiger partial charge in [0, 0.05) is 31.6 Å². The molecule has 1 aromatic rings. The van der Waals surface area contributed by atoms with Crippen molar-refractivity contribution in [1.29, 1.82) is 0 Å². The quantitative estimate of drug-likeness (QED) is 0.870. The third-order valence-electron chi connectivity index (χ3n) is 5.64. The molecule has 1 aliphatic carbocycles. The number of aliphatic hydroxyl groups excluding tert-OH is 1. The van der Waals surface area contributed by atoms with Gasteiger partial charge in [-0.2, -0.15) is 0 Å². The number of fused-ring (bicyclic) bond motifs is 1. The molecule has 1 saturated heterocycles. The molecule has 6 nitrogen and oxygen atoms in total. The Morgan fingerprint density at radius 3 is 2.76 bits per heavy atom. The van der Waals surface area contributed by atoms with Crippen LogP contribution in [0.3, 0.4) is 0 Å². The van der Waals surface area contributed by atoms with Gasteiger partial charge in [0.05, 0.1) is 12.6 Å². The number of likely N-dealkylation sites (N-methyl/N-ethyl adjacent to an activating group) is 1. The van der Waals surface area contributed by atoms with Crippen LogP contribution >= 0.6 is 0 Å². The Balaban J connectivity index is 1.37. The largest absolute Gasteiger partial charge is 0.486 e. The van der Waals surface area contributed by atoms with Crippen molar-refractivity contribution in [2.45, 2.75) is 32.4 Å². The summed E-state index contributed by atoms with van der Waals surface area (Å²) < 4.78 is 11.2. The molecule has 1 unspecified atom stereocenters. The second-order valence-corrected chi connectivity index (χ2v) is 7.43. The molecule has 1 N–H and O–H groups in total. The van der Waals surface area contributed by atoms with E-state index in [0.717, 1.165) is 36.4 Å². The Bertz CT molecular complexity index is 659. The van der Waals surface area contributed by atoms with Crippen LogP contribution in [0, 0.1) is 5.41 Å². The van der Waals surface area contributed by atoms with Crippen molar-refractivity contribution in [2.24, 2.45) is 5.41 Å². The molecule has 136 valence electrons. The third kappa shape index (κ3) is 3.33. The molecule has 2 fully saturated rings. The maximum absolute atomic E-state index is 12.7. The Morgan fingerprint density at radius 2 is 2.08 bits per heavy atom. The van der Waals surface area contributed by atoms with Gasteiger partial charge in [-0.15, -0.1) is 0 Å². The summed E-state index contributed by atoms with van der Waals surface area (Å²) in [7, 11) is 0. The smallest absolute Gasteiger partial charge is 0.237 e. The molecule has 4 rings (SSSR count). The van der Waals surface area contributed by atoms with Gasteiger partial charge in [-0.25, -0.2) is 0 Å². The molecule has 1 spiro atoms. The van der Waals surface area contributed by atoms with Crippen LogP contribution in [-0.4, -0.2) is 66.3 Å². The average Bonchev–Trinajstić information content (AvgIpc) is 3.33. The fraction of sp³-hybridized carbons (Fsp3) is 0.632. The molecule has 25 heavy (non-hydrogen) atoms. The van der Waals surface area contributed by atoms with E-state index in [-0.39, 0.29) is 17.4 Å². The van der Waals surface area contributed by atoms with E-state index < -0.39 is 0 Å². The summed E-state index contributed by atoms with van der Waals surface area (Å²) in [4.78, 5) is 16.7. The first-order chi connectivity index (χ1) is 12.1. The lowest BCUT2D eigenvalue weighted by Crippen LogP contribution is -2.39. The van der Waals surface area contributed by atoms with Crippen molar-refractivity contribution in [3.05, 3.63) is 23.8 Å². The monoisotopic (exact) mass is 346 g/mol. The molecule has 1 aromatic carbocycles. The highest BCUT2D eigenvalue weighted by molar-refractivity contribution is 5.78. The summed E-state index contributed by atoms with van der Waals surface area (Å²) in [6, 6.07) is 5.86. The van der Waals surface area contributed by atoms with Crippen molar-refractivity contribution in [2.75, 3.05) is 39.4 Å². The summed E-state index contributed by atoms with van der Waals surface area (Å²) in [5.74, 6) is 1.64. The van der Waals surface area contributed by atoms with Crippen LogP contribution in [0.4, 0.5) is 0 Å². The Kier molecular flexibility index (Phi) is 4.33. The minimum absolute atomic E-state index is 0.0904. The fourth-order valence-electron chi connectivity index (χ4n) is 3.90. The lowest BCUT2D eigenvalue weighted by Gasteiger charge is -2.25. The summed E-state index contributed by atoms with van der Waals surface area (Å²) >= 11 is 0. The average molecular weight is 346 g/mol. The van der Waals surface area contributed by atoms with Crippen LogP contribution in [0.1, 0.15) is 25.3 Å². The highest BCUT2D eigenvalue weighted by Crippen LogP contribution is 2.52. The number of aliphatic hydroxyl groups is 1. The number of likely N-dealkylation sites (tertiary alicyclic amines) is 1. The normalized spacial score (nSPS) is 23.7. The first-order valence-electron chi connectivity index (χ1n) is 9.16. The molecule has 1 saturated carbocycles. The van der Waals surface area contributed by atoms with Crippen molar-refractivity contribution in [1.82, 2.24) is 9.80 Å². The van der Waals surface area contributed by atoms with Gasteiger partial charge in [0.1, 0.15) is 13.2 Å². The SMILES string of the molecule is CCN(Cc1ccc2c(c1)OCCO2)C(=O)CN1CC(O)C2(CC2)C1. The number of β-amino-alcohol motifs (C(OH)–C–C–N with tert-alkyl or cyclic N) is 1. The zero-order valence-corrected chi connectivity index (χ0v) is 14.7. The van der Waals surface area contributed by atoms with Crippen molar-refractivity contribution in [3.8, 4) is 11.5 Å². The molecule has 0 radical (unpaired) electrons. The van der Waals surface area contributed by atoms with Gasteiger partial charge in [0.2, 0.25) is 5.91 Å². The third-order valence-corrected chi connectivity index (χ3v) is 5.64. The van der Waals surface area contributed by atoms with E-state index in [2.05, 4.69) is 4.90 Å². The van der Waals surface area contributed by atoms with E-state index >= 15 is 0 Å². The molecule has 0 aromatic heterocycles.